The van der Waals surface area contributed by atoms with Gasteiger partial charge in [0, 0.05) is 23.0 Å². The summed E-state index contributed by atoms with van der Waals surface area (Å²) in [6.45, 7) is 0. The molecule has 0 unspecified atom stereocenters. The molecule has 3 aromatic heterocycles. The maximum absolute atomic E-state index is 12.5. The van der Waals surface area contributed by atoms with E-state index >= 15 is 0 Å². The van der Waals surface area contributed by atoms with Crippen molar-refractivity contribution in [2.75, 3.05) is 0 Å². The molecule has 0 atom stereocenters. The van der Waals surface area contributed by atoms with Crippen LogP contribution in [0.2, 0.25) is 5.02 Å². The molecular formula is C16H9ClN4OS. The predicted octanol–water partition coefficient (Wildman–Crippen LogP) is 2.41. The van der Waals surface area contributed by atoms with Gasteiger partial charge in [-0.15, -0.1) is 5.10 Å². The highest BCUT2D eigenvalue weighted by molar-refractivity contribution is 7.15. The topological polar surface area (TPSA) is 60.2 Å². The third-order valence-electron chi connectivity index (χ3n) is 3.31. The molecular weight excluding hydrogens is 332 g/mol. The van der Waals surface area contributed by atoms with Crippen LogP contribution in [-0.4, -0.2) is 19.6 Å². The molecule has 0 aliphatic rings. The minimum atomic E-state index is -0.197. The van der Waals surface area contributed by atoms with E-state index in [1.807, 2.05) is 18.2 Å². The monoisotopic (exact) mass is 340 g/mol. The number of thiazole rings is 1. The van der Waals surface area contributed by atoms with E-state index < -0.39 is 0 Å². The summed E-state index contributed by atoms with van der Waals surface area (Å²) in [4.78, 5) is 21.4. The number of benzene rings is 1. The number of halogens is 1. The molecule has 0 aliphatic heterocycles. The van der Waals surface area contributed by atoms with Gasteiger partial charge < -0.3 is 0 Å². The zero-order valence-electron chi connectivity index (χ0n) is 11.7. The molecule has 0 aliphatic carbocycles. The normalized spacial score (nSPS) is 12.1. The minimum Gasteiger partial charge on any atom is -0.266 e. The van der Waals surface area contributed by atoms with Gasteiger partial charge in [0.1, 0.15) is 0 Å². The Morgan fingerprint density at radius 1 is 1.13 bits per heavy atom. The smallest absolute Gasteiger partial charge is 0.266 e. The van der Waals surface area contributed by atoms with Crippen molar-refractivity contribution in [2.24, 2.45) is 0 Å². The zero-order chi connectivity index (χ0) is 15.8. The average molecular weight is 341 g/mol. The lowest BCUT2D eigenvalue weighted by Gasteiger charge is -1.94. The Bertz CT molecular complexity index is 1100. The van der Waals surface area contributed by atoms with Gasteiger partial charge in [0.25, 0.3) is 5.56 Å². The van der Waals surface area contributed by atoms with E-state index in [9.17, 15) is 4.79 Å². The van der Waals surface area contributed by atoms with Gasteiger partial charge >= 0.3 is 0 Å². The predicted molar refractivity (Wildman–Crippen MR) is 90.6 cm³/mol. The van der Waals surface area contributed by atoms with Gasteiger partial charge in [0.05, 0.1) is 4.53 Å². The molecule has 7 heteroatoms. The van der Waals surface area contributed by atoms with Crippen LogP contribution in [0.1, 0.15) is 5.56 Å². The van der Waals surface area contributed by atoms with Crippen molar-refractivity contribution >= 4 is 34.0 Å². The molecule has 1 aromatic carbocycles. The number of hydrogen-bond donors (Lipinski definition) is 0. The van der Waals surface area contributed by atoms with Crippen LogP contribution in [0.25, 0.3) is 22.4 Å². The van der Waals surface area contributed by atoms with Crippen molar-refractivity contribution < 1.29 is 0 Å². The lowest BCUT2D eigenvalue weighted by Crippen LogP contribution is -2.23. The molecule has 4 rings (SSSR count). The highest BCUT2D eigenvalue weighted by Crippen LogP contribution is 2.17. The largest absolute Gasteiger partial charge is 0.291 e. The molecule has 0 N–H and O–H groups in total. The van der Waals surface area contributed by atoms with Crippen LogP contribution < -0.4 is 10.1 Å². The van der Waals surface area contributed by atoms with Crippen molar-refractivity contribution in [2.45, 2.75) is 0 Å². The molecule has 112 valence electrons. The van der Waals surface area contributed by atoms with E-state index in [2.05, 4.69) is 15.1 Å². The zero-order valence-corrected chi connectivity index (χ0v) is 13.3. The molecule has 0 saturated heterocycles. The molecule has 23 heavy (non-hydrogen) atoms. The third-order valence-corrected chi connectivity index (χ3v) is 4.62. The number of rotatable bonds is 2. The van der Waals surface area contributed by atoms with Crippen LogP contribution in [0.4, 0.5) is 0 Å². The van der Waals surface area contributed by atoms with E-state index in [1.54, 1.807) is 36.7 Å². The summed E-state index contributed by atoms with van der Waals surface area (Å²) < 4.78 is 1.87. The fourth-order valence-corrected chi connectivity index (χ4v) is 3.28. The van der Waals surface area contributed by atoms with E-state index in [1.165, 1.54) is 15.9 Å². The van der Waals surface area contributed by atoms with Crippen LogP contribution in [0.5, 0.6) is 0 Å². The molecule has 0 bridgehead atoms. The van der Waals surface area contributed by atoms with Gasteiger partial charge in [-0.3, -0.25) is 9.78 Å². The Labute approximate surface area is 139 Å². The van der Waals surface area contributed by atoms with Crippen molar-refractivity contribution in [1.82, 2.24) is 19.6 Å². The Balaban J connectivity index is 1.86. The molecule has 4 aromatic rings. The maximum Gasteiger partial charge on any atom is 0.291 e. The second kappa shape index (κ2) is 5.57. The summed E-state index contributed by atoms with van der Waals surface area (Å²) >= 11 is 7.42. The molecule has 0 fully saturated rings. The number of pyridine rings is 1. The van der Waals surface area contributed by atoms with Gasteiger partial charge in [-0.2, -0.15) is 9.50 Å². The van der Waals surface area contributed by atoms with E-state index in [-0.39, 0.29) is 5.56 Å². The van der Waals surface area contributed by atoms with Gasteiger partial charge in [0.15, 0.2) is 5.82 Å². The van der Waals surface area contributed by atoms with E-state index in [0.29, 0.717) is 20.3 Å². The molecule has 0 radical (unpaired) electrons. The van der Waals surface area contributed by atoms with E-state index in [0.717, 1.165) is 11.1 Å². The number of aromatic nitrogens is 4. The second-order valence-electron chi connectivity index (χ2n) is 4.80. The summed E-state index contributed by atoms with van der Waals surface area (Å²) in [5.74, 6) is 0.514. The Kier molecular flexibility index (Phi) is 3.40. The standard InChI is InChI=1S/C16H9ClN4OS/c17-12-4-2-1-3-11(12)9-13-15(22)21-16(23-13)19-14(20-21)10-5-7-18-8-6-10/h1-9H/b13-9+. The highest BCUT2D eigenvalue weighted by Gasteiger charge is 2.11. The summed E-state index contributed by atoms with van der Waals surface area (Å²) in [5, 5.41) is 4.89. The fraction of sp³-hybridized carbons (Fsp3) is 0. The lowest BCUT2D eigenvalue weighted by atomic mass is 10.2. The molecule has 5 nitrogen and oxygen atoms in total. The Hall–Kier alpha value is -2.57. The van der Waals surface area contributed by atoms with Crippen LogP contribution >= 0.6 is 22.9 Å². The SMILES string of the molecule is O=c1/c(=C\c2ccccc2Cl)sc2nc(-c3ccncc3)nn12. The molecule has 0 spiro atoms. The van der Waals surface area contributed by atoms with Crippen LogP contribution in [0, 0.1) is 0 Å². The van der Waals surface area contributed by atoms with Crippen molar-refractivity contribution in [1.29, 1.82) is 0 Å². The van der Waals surface area contributed by atoms with Crippen LogP contribution in [-0.2, 0) is 0 Å². The Morgan fingerprint density at radius 2 is 1.91 bits per heavy atom. The van der Waals surface area contributed by atoms with Gasteiger partial charge in [-0.25, -0.2) is 0 Å². The maximum atomic E-state index is 12.5. The summed E-state index contributed by atoms with van der Waals surface area (Å²) in [6, 6.07) is 11.0. The first kappa shape index (κ1) is 14.0. The summed E-state index contributed by atoms with van der Waals surface area (Å²) in [7, 11) is 0. The third kappa shape index (κ3) is 2.52. The molecule has 0 amide bonds. The van der Waals surface area contributed by atoms with Gasteiger partial charge in [0.2, 0.25) is 4.96 Å². The highest BCUT2D eigenvalue weighted by atomic mass is 35.5. The summed E-state index contributed by atoms with van der Waals surface area (Å²) in [6.07, 6.45) is 5.09. The molecule has 0 saturated carbocycles. The Morgan fingerprint density at radius 3 is 2.65 bits per heavy atom. The molecule has 3 heterocycles. The van der Waals surface area contributed by atoms with Crippen molar-refractivity contribution in [3.8, 4) is 11.4 Å². The first-order valence-corrected chi connectivity index (χ1v) is 7.98. The number of nitrogens with zero attached hydrogens (tertiary/aromatic N) is 4. The van der Waals surface area contributed by atoms with Gasteiger partial charge in [-0.1, -0.05) is 41.1 Å². The first-order chi connectivity index (χ1) is 11.2. The first-order valence-electron chi connectivity index (χ1n) is 6.78. The minimum absolute atomic E-state index is 0.197. The quantitative estimate of drug-likeness (QED) is 0.562. The average Bonchev–Trinajstić information content (AvgIpc) is 3.11. The van der Waals surface area contributed by atoms with Crippen molar-refractivity contribution in [3.05, 3.63) is 74.3 Å². The van der Waals surface area contributed by atoms with Gasteiger partial charge in [-0.05, 0) is 29.8 Å². The summed E-state index contributed by atoms with van der Waals surface area (Å²) in [5.41, 5.74) is 1.43. The van der Waals surface area contributed by atoms with Crippen molar-refractivity contribution in [3.63, 3.8) is 0 Å². The fourth-order valence-electron chi connectivity index (χ4n) is 2.19. The number of fused-ring (bicyclic) bond motifs is 1. The van der Waals surface area contributed by atoms with Crippen LogP contribution in [0.15, 0.2) is 53.6 Å². The second-order valence-corrected chi connectivity index (χ2v) is 6.22. The lowest BCUT2D eigenvalue weighted by molar-refractivity contribution is 0.936. The number of hydrogen-bond acceptors (Lipinski definition) is 5. The van der Waals surface area contributed by atoms with E-state index in [4.69, 9.17) is 11.6 Å². The van der Waals surface area contributed by atoms with Crippen LogP contribution in [0.3, 0.4) is 0 Å².